The van der Waals surface area contributed by atoms with Crippen LogP contribution in [0.3, 0.4) is 0 Å². The molecule has 0 bridgehead atoms. The minimum absolute atomic E-state index is 0.263. The first-order valence-corrected chi connectivity index (χ1v) is 7.06. The number of esters is 1. The summed E-state index contributed by atoms with van der Waals surface area (Å²) in [5, 5.41) is 0.805. The van der Waals surface area contributed by atoms with Gasteiger partial charge in [-0.2, -0.15) is 0 Å². The van der Waals surface area contributed by atoms with Crippen LogP contribution in [-0.4, -0.2) is 24.3 Å². The van der Waals surface area contributed by atoms with Gasteiger partial charge in [-0.3, -0.25) is 0 Å². The highest BCUT2D eigenvalue weighted by Crippen LogP contribution is 2.34. The number of rotatable bonds is 4. The maximum absolute atomic E-state index is 12.2. The van der Waals surface area contributed by atoms with Gasteiger partial charge in [0.1, 0.15) is 5.75 Å². The number of nitrogens with two attached hydrogens (primary N) is 1. The fraction of sp³-hybridized carbons (Fsp3) is 0.357. The second kappa shape index (κ2) is 5.85. The van der Waals surface area contributed by atoms with Crippen molar-refractivity contribution >= 4 is 32.8 Å². The van der Waals surface area contributed by atoms with E-state index in [9.17, 15) is 4.79 Å². The molecule has 0 amide bonds. The highest BCUT2D eigenvalue weighted by molar-refractivity contribution is 9.10. The van der Waals surface area contributed by atoms with Crippen molar-refractivity contribution in [2.75, 3.05) is 13.7 Å². The van der Waals surface area contributed by atoms with Crippen LogP contribution in [0, 0.1) is 0 Å². The van der Waals surface area contributed by atoms with Crippen molar-refractivity contribution in [1.82, 2.24) is 4.57 Å². The van der Waals surface area contributed by atoms with Gasteiger partial charge in [0.2, 0.25) is 0 Å². The number of ether oxygens (including phenoxy) is 2. The van der Waals surface area contributed by atoms with Crippen LogP contribution < -0.4 is 10.5 Å². The lowest BCUT2D eigenvalue weighted by Crippen LogP contribution is -2.12. The molecule has 2 aromatic rings. The van der Waals surface area contributed by atoms with Crippen LogP contribution in [0.15, 0.2) is 16.6 Å². The molecule has 2 rings (SSSR count). The Morgan fingerprint density at radius 1 is 1.45 bits per heavy atom. The third kappa shape index (κ3) is 2.29. The van der Waals surface area contributed by atoms with E-state index in [0.717, 1.165) is 21.1 Å². The maximum atomic E-state index is 12.2. The van der Waals surface area contributed by atoms with Gasteiger partial charge in [0, 0.05) is 30.7 Å². The Hall–Kier alpha value is -1.53. The second-order valence-electron chi connectivity index (χ2n) is 4.31. The van der Waals surface area contributed by atoms with Crippen molar-refractivity contribution in [2.45, 2.75) is 13.5 Å². The van der Waals surface area contributed by atoms with Gasteiger partial charge in [0.15, 0.2) is 0 Å². The van der Waals surface area contributed by atoms with Crippen LogP contribution >= 0.6 is 15.9 Å². The lowest BCUT2D eigenvalue weighted by Gasteiger charge is -2.05. The quantitative estimate of drug-likeness (QED) is 0.868. The van der Waals surface area contributed by atoms with Crippen LogP contribution in [0.5, 0.6) is 5.75 Å². The Balaban J connectivity index is 2.78. The zero-order valence-corrected chi connectivity index (χ0v) is 13.3. The largest absolute Gasteiger partial charge is 0.495 e. The zero-order valence-electron chi connectivity index (χ0n) is 11.7. The summed E-state index contributed by atoms with van der Waals surface area (Å²) in [7, 11) is 3.48. The molecular weight excluding hydrogens is 324 g/mol. The topological polar surface area (TPSA) is 66.5 Å². The first-order chi connectivity index (χ1) is 9.54. The molecule has 2 N–H and O–H groups in total. The van der Waals surface area contributed by atoms with Crippen LogP contribution in [0.4, 0.5) is 0 Å². The van der Waals surface area contributed by atoms with Gasteiger partial charge in [-0.1, -0.05) is 0 Å². The fourth-order valence-corrected chi connectivity index (χ4v) is 2.82. The molecule has 1 aromatic heterocycles. The SMILES string of the molecule is CCOC(=O)c1c(CN)n(C)c2cc(OC)c(Br)cc12. The lowest BCUT2D eigenvalue weighted by molar-refractivity contribution is 0.0527. The number of aromatic nitrogens is 1. The standard InChI is InChI=1S/C14H17BrN2O3/c1-4-20-14(18)13-8-5-9(15)12(19-3)6-10(8)17(2)11(13)7-16/h5-6H,4,7,16H2,1-3H3. The van der Waals surface area contributed by atoms with Gasteiger partial charge in [-0.15, -0.1) is 0 Å². The van der Waals surface area contributed by atoms with Crippen molar-refractivity contribution in [3.8, 4) is 5.75 Å². The summed E-state index contributed by atoms with van der Waals surface area (Å²) in [6.07, 6.45) is 0. The Morgan fingerprint density at radius 3 is 2.70 bits per heavy atom. The molecule has 0 spiro atoms. The number of carbonyl (C=O) groups is 1. The maximum Gasteiger partial charge on any atom is 0.340 e. The Bertz CT molecular complexity index is 664. The molecule has 0 fully saturated rings. The van der Waals surface area contributed by atoms with E-state index in [1.807, 2.05) is 23.7 Å². The monoisotopic (exact) mass is 340 g/mol. The van der Waals surface area contributed by atoms with Gasteiger partial charge in [-0.05, 0) is 28.9 Å². The number of methoxy groups -OCH3 is 1. The molecule has 0 atom stereocenters. The summed E-state index contributed by atoms with van der Waals surface area (Å²) >= 11 is 3.44. The Kier molecular flexibility index (Phi) is 4.35. The van der Waals surface area contributed by atoms with E-state index in [1.54, 1.807) is 14.0 Å². The molecule has 0 aliphatic rings. The van der Waals surface area contributed by atoms with Gasteiger partial charge in [0.25, 0.3) is 0 Å². The van der Waals surface area contributed by atoms with E-state index in [4.69, 9.17) is 15.2 Å². The summed E-state index contributed by atoms with van der Waals surface area (Å²) in [6.45, 7) is 2.37. The average molecular weight is 341 g/mol. The number of nitrogens with zero attached hydrogens (tertiary/aromatic N) is 1. The predicted molar refractivity (Wildman–Crippen MR) is 81.0 cm³/mol. The predicted octanol–water partition coefficient (Wildman–Crippen LogP) is 2.58. The molecular formula is C14H17BrN2O3. The van der Waals surface area contributed by atoms with Crippen molar-refractivity contribution < 1.29 is 14.3 Å². The van der Waals surface area contributed by atoms with E-state index in [-0.39, 0.29) is 12.5 Å². The smallest absolute Gasteiger partial charge is 0.340 e. The molecule has 0 radical (unpaired) electrons. The highest BCUT2D eigenvalue weighted by Gasteiger charge is 2.22. The van der Waals surface area contributed by atoms with Gasteiger partial charge in [-0.25, -0.2) is 4.79 Å². The zero-order chi connectivity index (χ0) is 14.9. The number of hydrogen-bond donors (Lipinski definition) is 1. The average Bonchev–Trinajstić information content (AvgIpc) is 2.70. The molecule has 5 nitrogen and oxygen atoms in total. The van der Waals surface area contributed by atoms with Crippen molar-refractivity contribution in [3.63, 3.8) is 0 Å². The van der Waals surface area contributed by atoms with E-state index < -0.39 is 0 Å². The molecule has 0 saturated heterocycles. The molecule has 1 heterocycles. The third-order valence-corrected chi connectivity index (χ3v) is 3.89. The molecule has 0 unspecified atom stereocenters. The third-order valence-electron chi connectivity index (χ3n) is 3.27. The summed E-state index contributed by atoms with van der Waals surface area (Å²) in [6, 6.07) is 3.74. The Labute approximate surface area is 125 Å². The molecule has 108 valence electrons. The number of carbonyl (C=O) groups excluding carboxylic acids is 1. The normalized spacial score (nSPS) is 10.8. The molecule has 0 aliphatic heterocycles. The van der Waals surface area contributed by atoms with E-state index in [1.165, 1.54) is 0 Å². The first-order valence-electron chi connectivity index (χ1n) is 6.27. The van der Waals surface area contributed by atoms with Crippen LogP contribution in [0.25, 0.3) is 10.9 Å². The van der Waals surface area contributed by atoms with E-state index >= 15 is 0 Å². The molecule has 6 heteroatoms. The molecule has 20 heavy (non-hydrogen) atoms. The molecule has 0 saturated carbocycles. The lowest BCUT2D eigenvalue weighted by atomic mass is 10.1. The number of halogens is 1. The molecule has 1 aromatic carbocycles. The Morgan fingerprint density at radius 2 is 2.15 bits per heavy atom. The molecule has 0 aliphatic carbocycles. The van der Waals surface area contributed by atoms with Crippen molar-refractivity contribution in [2.24, 2.45) is 12.8 Å². The van der Waals surface area contributed by atoms with Gasteiger partial charge in [0.05, 0.1) is 29.3 Å². The minimum atomic E-state index is -0.351. The van der Waals surface area contributed by atoms with Crippen LogP contribution in [-0.2, 0) is 18.3 Å². The first kappa shape index (κ1) is 14.9. The van der Waals surface area contributed by atoms with E-state index in [0.29, 0.717) is 17.9 Å². The number of benzene rings is 1. The number of aryl methyl sites for hydroxylation is 1. The van der Waals surface area contributed by atoms with Crippen molar-refractivity contribution in [1.29, 1.82) is 0 Å². The minimum Gasteiger partial charge on any atom is -0.495 e. The second-order valence-corrected chi connectivity index (χ2v) is 5.16. The summed E-state index contributed by atoms with van der Waals surface area (Å²) in [4.78, 5) is 12.2. The highest BCUT2D eigenvalue weighted by atomic mass is 79.9. The van der Waals surface area contributed by atoms with Gasteiger partial charge >= 0.3 is 5.97 Å². The van der Waals surface area contributed by atoms with Gasteiger partial charge < -0.3 is 19.8 Å². The number of hydrogen-bond acceptors (Lipinski definition) is 4. The fourth-order valence-electron chi connectivity index (χ4n) is 2.32. The van der Waals surface area contributed by atoms with E-state index in [2.05, 4.69) is 15.9 Å². The number of fused-ring (bicyclic) bond motifs is 1. The summed E-state index contributed by atoms with van der Waals surface area (Å²) in [5.41, 5.74) is 7.94. The summed E-state index contributed by atoms with van der Waals surface area (Å²) < 4.78 is 13.1. The summed E-state index contributed by atoms with van der Waals surface area (Å²) in [5.74, 6) is 0.354. The van der Waals surface area contributed by atoms with Crippen molar-refractivity contribution in [3.05, 3.63) is 27.9 Å². The van der Waals surface area contributed by atoms with Crippen LogP contribution in [0.1, 0.15) is 23.0 Å². The van der Waals surface area contributed by atoms with Crippen LogP contribution in [0.2, 0.25) is 0 Å².